The molecule has 0 bridgehead atoms. The van der Waals surface area contributed by atoms with Crippen LogP contribution in [-0.4, -0.2) is 40.4 Å². The number of ether oxygens (including phenoxy) is 2. The molecule has 0 saturated carbocycles. The summed E-state index contributed by atoms with van der Waals surface area (Å²) in [6.45, 7) is 8.13. The van der Waals surface area contributed by atoms with Crippen molar-refractivity contribution in [3.8, 4) is 5.75 Å². The Hall–Kier alpha value is -2.72. The first kappa shape index (κ1) is 27.5. The van der Waals surface area contributed by atoms with Crippen LogP contribution in [0.1, 0.15) is 47.3 Å². The number of nitrogens with zero attached hydrogens (tertiary/aromatic N) is 1. The number of hydrogen-bond donors (Lipinski definition) is 2. The second-order valence-corrected chi connectivity index (χ2v) is 9.49. The van der Waals surface area contributed by atoms with Gasteiger partial charge in [0.1, 0.15) is 18.5 Å². The summed E-state index contributed by atoms with van der Waals surface area (Å²) in [5, 5.41) is 2.55. The summed E-state index contributed by atoms with van der Waals surface area (Å²) in [6, 6.07) is 9.61. The summed E-state index contributed by atoms with van der Waals surface area (Å²) < 4.78 is 37.2. The lowest BCUT2D eigenvalue weighted by atomic mass is 10.2. The first-order valence-electron chi connectivity index (χ1n) is 11.0. The molecule has 0 radical (unpaired) electrons. The monoisotopic (exact) mass is 497 g/mol. The number of esters is 1. The highest BCUT2D eigenvalue weighted by Gasteiger charge is 2.34. The molecule has 11 nitrogen and oxygen atoms in total. The van der Waals surface area contributed by atoms with E-state index in [9.17, 15) is 18.9 Å². The van der Waals surface area contributed by atoms with Crippen LogP contribution in [0.3, 0.4) is 0 Å². The number of aromatic amines is 1. The van der Waals surface area contributed by atoms with Crippen LogP contribution in [0.5, 0.6) is 5.75 Å². The average Bonchev–Trinajstić information content (AvgIpc) is 2.76. The molecular weight excluding hydrogens is 465 g/mol. The molecule has 0 saturated heterocycles. The van der Waals surface area contributed by atoms with Crippen molar-refractivity contribution in [2.45, 2.75) is 65.6 Å². The van der Waals surface area contributed by atoms with Crippen molar-refractivity contribution in [1.82, 2.24) is 14.6 Å². The van der Waals surface area contributed by atoms with Crippen molar-refractivity contribution < 1.29 is 27.9 Å². The lowest BCUT2D eigenvalue weighted by Crippen LogP contribution is -2.37. The van der Waals surface area contributed by atoms with E-state index in [-0.39, 0.29) is 11.9 Å². The summed E-state index contributed by atoms with van der Waals surface area (Å²) >= 11 is 0. The van der Waals surface area contributed by atoms with Crippen LogP contribution in [0.2, 0.25) is 0 Å². The Balaban J connectivity index is 2.16. The molecule has 188 valence electrons. The van der Waals surface area contributed by atoms with Gasteiger partial charge in [0.15, 0.2) is 0 Å². The summed E-state index contributed by atoms with van der Waals surface area (Å²) in [5.74, 6) is -0.331. The molecule has 4 atom stereocenters. The normalized spacial score (nSPS) is 15.8. The van der Waals surface area contributed by atoms with Gasteiger partial charge in [0.25, 0.3) is 5.56 Å². The largest absolute Gasteiger partial charge is 0.462 e. The fourth-order valence-electron chi connectivity index (χ4n) is 3.03. The van der Waals surface area contributed by atoms with E-state index in [2.05, 4.69) is 10.1 Å². The Morgan fingerprint density at radius 2 is 1.79 bits per heavy atom. The van der Waals surface area contributed by atoms with E-state index in [1.807, 2.05) is 6.92 Å². The van der Waals surface area contributed by atoms with Crippen LogP contribution in [0.4, 0.5) is 0 Å². The predicted molar refractivity (Wildman–Crippen MR) is 126 cm³/mol. The Labute approximate surface area is 198 Å². The van der Waals surface area contributed by atoms with E-state index in [1.165, 1.54) is 16.8 Å². The van der Waals surface area contributed by atoms with Crippen LogP contribution >= 0.6 is 7.75 Å². The van der Waals surface area contributed by atoms with Gasteiger partial charge in [0.2, 0.25) is 0 Å². The van der Waals surface area contributed by atoms with Crippen molar-refractivity contribution in [2.24, 2.45) is 0 Å². The maximum atomic E-state index is 13.5. The van der Waals surface area contributed by atoms with Crippen molar-refractivity contribution in [3.05, 3.63) is 63.4 Å². The molecule has 0 aliphatic rings. The van der Waals surface area contributed by atoms with Crippen LogP contribution in [-0.2, 0) is 23.4 Å². The third-order valence-corrected chi connectivity index (χ3v) is 6.21. The van der Waals surface area contributed by atoms with Crippen LogP contribution < -0.4 is 20.9 Å². The number of hydrogen-bond acceptors (Lipinski definition) is 8. The number of benzene rings is 1. The first-order chi connectivity index (χ1) is 16.0. The van der Waals surface area contributed by atoms with E-state index in [1.54, 1.807) is 58.0 Å². The number of H-pyrrole nitrogens is 1. The molecule has 1 aromatic heterocycles. The molecule has 3 unspecified atom stereocenters. The molecule has 0 aliphatic carbocycles. The third-order valence-electron chi connectivity index (χ3n) is 4.60. The minimum Gasteiger partial charge on any atom is -0.462 e. The summed E-state index contributed by atoms with van der Waals surface area (Å²) in [6.07, 6.45) is -0.678. The van der Waals surface area contributed by atoms with E-state index in [0.29, 0.717) is 6.42 Å². The zero-order valence-corrected chi connectivity index (χ0v) is 20.8. The van der Waals surface area contributed by atoms with Gasteiger partial charge < -0.3 is 14.0 Å². The highest BCUT2D eigenvalue weighted by molar-refractivity contribution is 7.52. The second-order valence-electron chi connectivity index (χ2n) is 7.79. The van der Waals surface area contributed by atoms with Crippen molar-refractivity contribution >= 4 is 13.7 Å². The lowest BCUT2D eigenvalue weighted by molar-refractivity contribution is -0.146. The van der Waals surface area contributed by atoms with Crippen LogP contribution in [0.15, 0.2) is 52.2 Å². The highest BCUT2D eigenvalue weighted by atomic mass is 31.2. The Morgan fingerprint density at radius 1 is 1.12 bits per heavy atom. The standard InChI is InChI=1S/C22H32N3O8P/c1-6-19(31-17(5)25-13-12-20(26)24-22(25)28)16(4)32-34(29,23-14-21(27)30-15(2)3)33-18-10-8-7-9-11-18/h7-13,15-17,19H,6,14H2,1-5H3,(H,23,29)(H,24,26,28)/t16-,17?,19?,34?/m0/s1. The third kappa shape index (κ3) is 8.57. The fourth-order valence-corrected chi connectivity index (χ4v) is 4.51. The summed E-state index contributed by atoms with van der Waals surface area (Å²) in [5.41, 5.74) is -1.13. The van der Waals surface area contributed by atoms with Gasteiger partial charge in [-0.1, -0.05) is 25.1 Å². The van der Waals surface area contributed by atoms with Gasteiger partial charge in [-0.25, -0.2) is 14.4 Å². The molecule has 1 heterocycles. The van der Waals surface area contributed by atoms with E-state index >= 15 is 0 Å². The van der Waals surface area contributed by atoms with Gasteiger partial charge in [-0.05, 0) is 46.2 Å². The lowest BCUT2D eigenvalue weighted by Gasteiger charge is -2.30. The van der Waals surface area contributed by atoms with Gasteiger partial charge in [-0.15, -0.1) is 0 Å². The number of carbonyl (C=O) groups excluding carboxylic acids is 1. The quantitative estimate of drug-likeness (QED) is 0.316. The van der Waals surface area contributed by atoms with Crippen molar-refractivity contribution in [2.75, 3.05) is 6.54 Å². The Morgan fingerprint density at radius 3 is 2.38 bits per heavy atom. The molecule has 0 spiro atoms. The number of nitrogens with one attached hydrogen (secondary N) is 2. The van der Waals surface area contributed by atoms with Crippen LogP contribution in [0.25, 0.3) is 0 Å². The minimum absolute atomic E-state index is 0.282. The maximum absolute atomic E-state index is 13.5. The van der Waals surface area contributed by atoms with E-state index in [4.69, 9.17) is 18.5 Å². The van der Waals surface area contributed by atoms with Gasteiger partial charge in [0.05, 0.1) is 18.3 Å². The highest BCUT2D eigenvalue weighted by Crippen LogP contribution is 2.46. The van der Waals surface area contributed by atoms with Gasteiger partial charge in [-0.3, -0.25) is 23.7 Å². The molecule has 0 aliphatic heterocycles. The van der Waals surface area contributed by atoms with Crippen LogP contribution in [0, 0.1) is 0 Å². The number of aromatic nitrogens is 2. The molecule has 2 rings (SSSR count). The average molecular weight is 497 g/mol. The SMILES string of the molecule is CCC(OC(C)n1ccc(=O)[nH]c1=O)[C@H](C)OP(=O)(NCC(=O)OC(C)C)Oc1ccccc1. The number of rotatable bonds is 13. The predicted octanol–water partition coefficient (Wildman–Crippen LogP) is 2.98. The van der Waals surface area contributed by atoms with E-state index < -0.39 is 49.9 Å². The minimum atomic E-state index is -4.04. The molecule has 0 fully saturated rings. The zero-order valence-electron chi connectivity index (χ0n) is 19.9. The van der Waals surface area contributed by atoms with E-state index in [0.717, 1.165) is 0 Å². The number of carbonyl (C=O) groups is 1. The molecule has 12 heteroatoms. The Kier molecular flexibility index (Phi) is 10.2. The topological polar surface area (TPSA) is 138 Å². The van der Waals surface area contributed by atoms with Gasteiger partial charge in [0, 0.05) is 12.3 Å². The maximum Gasteiger partial charge on any atom is 0.459 e. The van der Waals surface area contributed by atoms with Crippen molar-refractivity contribution in [1.29, 1.82) is 0 Å². The fraction of sp³-hybridized carbons (Fsp3) is 0.500. The molecule has 0 amide bonds. The first-order valence-corrected chi connectivity index (χ1v) is 12.5. The molecule has 1 aromatic carbocycles. The smallest absolute Gasteiger partial charge is 0.459 e. The van der Waals surface area contributed by atoms with Gasteiger partial charge >= 0.3 is 19.4 Å². The van der Waals surface area contributed by atoms with Crippen molar-refractivity contribution in [3.63, 3.8) is 0 Å². The summed E-state index contributed by atoms with van der Waals surface area (Å²) in [7, 11) is -4.04. The Bertz CT molecular complexity index is 1090. The molecule has 2 N–H and O–H groups in total. The zero-order chi connectivity index (χ0) is 25.3. The van der Waals surface area contributed by atoms with Gasteiger partial charge in [-0.2, -0.15) is 0 Å². The summed E-state index contributed by atoms with van der Waals surface area (Å²) in [4.78, 5) is 37.5. The molecular formula is C22H32N3O8P. The second kappa shape index (κ2) is 12.7. The molecule has 34 heavy (non-hydrogen) atoms. The molecule has 2 aromatic rings. The number of para-hydroxylation sites is 1.